The van der Waals surface area contributed by atoms with E-state index in [0.717, 1.165) is 22.0 Å². The van der Waals surface area contributed by atoms with Gasteiger partial charge in [-0.25, -0.2) is 0 Å². The number of nitrogens with one attached hydrogen (secondary N) is 3. The van der Waals surface area contributed by atoms with Gasteiger partial charge in [0, 0.05) is 35.6 Å². The average Bonchev–Trinajstić information content (AvgIpc) is 3.23. The summed E-state index contributed by atoms with van der Waals surface area (Å²) in [6, 6.07) is 26.1. The molecule has 0 aliphatic heterocycles. The number of hydrogen-bond acceptors (Lipinski definition) is 2. The van der Waals surface area contributed by atoms with Crippen molar-refractivity contribution in [3.63, 3.8) is 0 Å². The number of amides is 2. The van der Waals surface area contributed by atoms with E-state index in [1.807, 2.05) is 72.9 Å². The zero-order chi connectivity index (χ0) is 21.5. The lowest BCUT2D eigenvalue weighted by Crippen LogP contribution is -2.48. The van der Waals surface area contributed by atoms with E-state index in [0.29, 0.717) is 24.9 Å². The molecule has 156 valence electrons. The molecule has 0 aliphatic rings. The molecule has 4 aromatic rings. The zero-order valence-electron chi connectivity index (χ0n) is 17.2. The molecule has 1 aromatic heterocycles. The van der Waals surface area contributed by atoms with Gasteiger partial charge in [-0.15, -0.1) is 0 Å². The molecule has 0 fully saturated rings. The van der Waals surface area contributed by atoms with Crippen molar-refractivity contribution in [2.75, 3.05) is 6.54 Å². The second-order valence-corrected chi connectivity index (χ2v) is 7.48. The van der Waals surface area contributed by atoms with Crippen LogP contribution in [0.2, 0.25) is 0 Å². The molecule has 0 bridgehead atoms. The fourth-order valence-electron chi connectivity index (χ4n) is 3.67. The molecule has 5 heteroatoms. The highest BCUT2D eigenvalue weighted by atomic mass is 16.2. The van der Waals surface area contributed by atoms with Crippen LogP contribution in [-0.4, -0.2) is 29.4 Å². The summed E-state index contributed by atoms with van der Waals surface area (Å²) in [6.07, 6.45) is 3.12. The maximum Gasteiger partial charge on any atom is 0.251 e. The number of aromatic nitrogens is 1. The van der Waals surface area contributed by atoms with Gasteiger partial charge in [-0.05, 0) is 35.7 Å². The van der Waals surface area contributed by atoms with Crippen molar-refractivity contribution in [1.29, 1.82) is 0 Å². The van der Waals surface area contributed by atoms with Gasteiger partial charge in [-0.3, -0.25) is 9.59 Å². The third-order valence-corrected chi connectivity index (χ3v) is 5.31. The number of aromatic amines is 1. The summed E-state index contributed by atoms with van der Waals surface area (Å²) in [4.78, 5) is 28.9. The van der Waals surface area contributed by atoms with Crippen molar-refractivity contribution >= 4 is 22.7 Å². The number of fused-ring (bicyclic) bond motifs is 1. The van der Waals surface area contributed by atoms with Gasteiger partial charge in [0.05, 0.1) is 0 Å². The molecule has 4 rings (SSSR count). The Morgan fingerprint density at radius 1 is 0.839 bits per heavy atom. The number of para-hydroxylation sites is 1. The second-order valence-electron chi connectivity index (χ2n) is 7.48. The van der Waals surface area contributed by atoms with Crippen molar-refractivity contribution in [1.82, 2.24) is 15.6 Å². The molecule has 3 N–H and O–H groups in total. The van der Waals surface area contributed by atoms with Crippen molar-refractivity contribution in [2.24, 2.45) is 0 Å². The first kappa shape index (κ1) is 20.4. The maximum absolute atomic E-state index is 13.0. The smallest absolute Gasteiger partial charge is 0.251 e. The van der Waals surface area contributed by atoms with Gasteiger partial charge in [0.15, 0.2) is 0 Å². The highest BCUT2D eigenvalue weighted by molar-refractivity contribution is 5.97. The Kier molecular flexibility index (Phi) is 6.43. The fourth-order valence-corrected chi connectivity index (χ4v) is 3.67. The number of benzene rings is 3. The summed E-state index contributed by atoms with van der Waals surface area (Å²) in [5.74, 6) is -0.443. The van der Waals surface area contributed by atoms with Crippen LogP contribution in [-0.2, 0) is 17.6 Å². The van der Waals surface area contributed by atoms with Gasteiger partial charge in [0.1, 0.15) is 6.04 Å². The number of H-pyrrole nitrogens is 1. The minimum Gasteiger partial charge on any atom is -0.361 e. The van der Waals surface area contributed by atoms with Gasteiger partial charge in [0.2, 0.25) is 5.91 Å². The van der Waals surface area contributed by atoms with E-state index in [9.17, 15) is 9.59 Å². The quantitative estimate of drug-likeness (QED) is 0.412. The number of hydrogen-bond donors (Lipinski definition) is 3. The van der Waals surface area contributed by atoms with E-state index in [-0.39, 0.29) is 11.8 Å². The van der Waals surface area contributed by atoms with Gasteiger partial charge >= 0.3 is 0 Å². The van der Waals surface area contributed by atoms with Crippen LogP contribution in [0.15, 0.2) is 91.1 Å². The second kappa shape index (κ2) is 9.76. The normalized spacial score (nSPS) is 11.7. The first-order valence-electron chi connectivity index (χ1n) is 10.4. The van der Waals surface area contributed by atoms with Crippen LogP contribution in [0.25, 0.3) is 10.9 Å². The Labute approximate surface area is 181 Å². The van der Waals surface area contributed by atoms with Crippen LogP contribution < -0.4 is 10.6 Å². The Balaban J connectivity index is 1.42. The van der Waals surface area contributed by atoms with E-state index >= 15 is 0 Å². The fraction of sp³-hybridized carbons (Fsp3) is 0.154. The third-order valence-electron chi connectivity index (χ3n) is 5.31. The molecule has 2 amide bonds. The monoisotopic (exact) mass is 411 g/mol. The van der Waals surface area contributed by atoms with Crippen molar-refractivity contribution in [3.8, 4) is 0 Å². The highest BCUT2D eigenvalue weighted by Gasteiger charge is 2.21. The highest BCUT2D eigenvalue weighted by Crippen LogP contribution is 2.17. The van der Waals surface area contributed by atoms with Crippen LogP contribution in [0.3, 0.4) is 0 Å². The summed E-state index contributed by atoms with van der Waals surface area (Å²) in [6.45, 7) is 0.493. The Morgan fingerprint density at radius 3 is 2.29 bits per heavy atom. The standard InChI is InChI=1S/C26H25N3O2/c30-25(20-11-5-2-6-12-20)29-24(17-19-9-3-1-4-10-19)26(31)27-16-15-21-18-28-23-14-8-7-13-22(21)23/h1-14,18,24,28H,15-17H2,(H,27,31)(H,29,30)/t24-/m1/s1. The number of carbonyl (C=O) groups excluding carboxylic acids is 2. The molecule has 5 nitrogen and oxygen atoms in total. The average molecular weight is 412 g/mol. The summed E-state index contributed by atoms with van der Waals surface area (Å²) in [5, 5.41) is 7.05. The lowest BCUT2D eigenvalue weighted by atomic mass is 10.0. The molecule has 0 unspecified atom stereocenters. The largest absolute Gasteiger partial charge is 0.361 e. The van der Waals surface area contributed by atoms with Crippen LogP contribution in [0.4, 0.5) is 0 Å². The van der Waals surface area contributed by atoms with Crippen molar-refractivity contribution in [2.45, 2.75) is 18.9 Å². The summed E-state index contributed by atoms with van der Waals surface area (Å²) >= 11 is 0. The van der Waals surface area contributed by atoms with E-state index in [4.69, 9.17) is 0 Å². The van der Waals surface area contributed by atoms with Gasteiger partial charge < -0.3 is 15.6 Å². The first-order valence-corrected chi connectivity index (χ1v) is 10.4. The molecule has 1 heterocycles. The topological polar surface area (TPSA) is 74.0 Å². The minimum atomic E-state index is -0.655. The molecule has 0 radical (unpaired) electrons. The molecular formula is C26H25N3O2. The van der Waals surface area contributed by atoms with E-state index in [1.165, 1.54) is 0 Å². The van der Waals surface area contributed by atoms with Gasteiger partial charge in [-0.1, -0.05) is 66.7 Å². The summed E-state index contributed by atoms with van der Waals surface area (Å²) in [5.41, 5.74) is 3.77. The Morgan fingerprint density at radius 2 is 1.52 bits per heavy atom. The minimum absolute atomic E-state index is 0.187. The SMILES string of the molecule is O=C(N[C@H](Cc1ccccc1)C(=O)NCCc1c[nH]c2ccccc12)c1ccccc1. The molecule has 0 spiro atoms. The first-order chi connectivity index (χ1) is 15.2. The van der Waals surface area contributed by atoms with Crippen LogP contribution in [0.5, 0.6) is 0 Å². The lowest BCUT2D eigenvalue weighted by Gasteiger charge is -2.19. The molecule has 31 heavy (non-hydrogen) atoms. The van der Waals surface area contributed by atoms with E-state index in [1.54, 1.807) is 12.1 Å². The predicted molar refractivity (Wildman–Crippen MR) is 123 cm³/mol. The molecule has 0 saturated carbocycles. The summed E-state index contributed by atoms with van der Waals surface area (Å²) in [7, 11) is 0. The molecule has 1 atom stereocenters. The Bertz CT molecular complexity index is 1150. The van der Waals surface area contributed by atoms with Crippen LogP contribution in [0.1, 0.15) is 21.5 Å². The number of rotatable bonds is 8. The molecule has 0 aliphatic carbocycles. The van der Waals surface area contributed by atoms with Crippen molar-refractivity contribution < 1.29 is 9.59 Å². The molecule has 0 saturated heterocycles. The van der Waals surface area contributed by atoms with E-state index in [2.05, 4.69) is 21.7 Å². The van der Waals surface area contributed by atoms with Crippen LogP contribution in [0, 0.1) is 0 Å². The zero-order valence-corrected chi connectivity index (χ0v) is 17.2. The molecule has 3 aromatic carbocycles. The van der Waals surface area contributed by atoms with Crippen LogP contribution >= 0.6 is 0 Å². The Hall–Kier alpha value is -3.86. The molecular weight excluding hydrogens is 386 g/mol. The summed E-state index contributed by atoms with van der Waals surface area (Å²) < 4.78 is 0. The predicted octanol–water partition coefficient (Wildman–Crippen LogP) is 3.87. The number of carbonyl (C=O) groups is 2. The van der Waals surface area contributed by atoms with Gasteiger partial charge in [0.25, 0.3) is 5.91 Å². The van der Waals surface area contributed by atoms with E-state index < -0.39 is 6.04 Å². The third kappa shape index (κ3) is 5.20. The van der Waals surface area contributed by atoms with Gasteiger partial charge in [-0.2, -0.15) is 0 Å². The van der Waals surface area contributed by atoms with Crippen molar-refractivity contribution in [3.05, 3.63) is 108 Å². The lowest BCUT2D eigenvalue weighted by molar-refractivity contribution is -0.122. The maximum atomic E-state index is 13.0.